The Bertz CT molecular complexity index is 365. The molecule has 2 aliphatic rings. The van der Waals surface area contributed by atoms with Crippen molar-refractivity contribution < 1.29 is 9.53 Å². The van der Waals surface area contributed by atoms with Gasteiger partial charge in [0.1, 0.15) is 5.78 Å². The summed E-state index contributed by atoms with van der Waals surface area (Å²) in [6.07, 6.45) is 8.94. The van der Waals surface area contributed by atoms with Gasteiger partial charge in [-0.15, -0.1) is 0 Å². The highest BCUT2D eigenvalue weighted by atomic mass is 16.5. The topological polar surface area (TPSA) is 26.3 Å². The molecule has 94 valence electrons. The second kappa shape index (κ2) is 5.07. The predicted molar refractivity (Wildman–Crippen MR) is 68.5 cm³/mol. The highest BCUT2D eigenvalue weighted by molar-refractivity contribution is 5.78. The molecule has 0 bridgehead atoms. The lowest BCUT2D eigenvalue weighted by Gasteiger charge is -2.34. The summed E-state index contributed by atoms with van der Waals surface area (Å²) in [7, 11) is 1.75. The van der Waals surface area contributed by atoms with Crippen LogP contribution in [0.15, 0.2) is 23.5 Å². The molecule has 2 nitrogen and oxygen atoms in total. The fourth-order valence-electron chi connectivity index (χ4n) is 2.99. The molecule has 17 heavy (non-hydrogen) atoms. The van der Waals surface area contributed by atoms with Gasteiger partial charge in [-0.2, -0.15) is 0 Å². The van der Waals surface area contributed by atoms with Crippen LogP contribution in [0, 0.1) is 17.8 Å². The number of hydrogen-bond acceptors (Lipinski definition) is 2. The summed E-state index contributed by atoms with van der Waals surface area (Å²) in [6, 6.07) is 0. The van der Waals surface area contributed by atoms with Crippen LogP contribution >= 0.6 is 0 Å². The van der Waals surface area contributed by atoms with Crippen molar-refractivity contribution in [1.29, 1.82) is 0 Å². The van der Waals surface area contributed by atoms with Crippen LogP contribution in [0.4, 0.5) is 0 Å². The van der Waals surface area contributed by atoms with Crippen LogP contribution in [0.3, 0.4) is 0 Å². The van der Waals surface area contributed by atoms with E-state index in [0.717, 1.165) is 18.6 Å². The first-order chi connectivity index (χ1) is 8.11. The number of carbonyl (C=O) groups is 1. The Balaban J connectivity index is 2.09. The Morgan fingerprint density at radius 2 is 2.29 bits per heavy atom. The van der Waals surface area contributed by atoms with Gasteiger partial charge in [0.15, 0.2) is 0 Å². The first-order valence-electron chi connectivity index (χ1n) is 6.57. The Morgan fingerprint density at radius 3 is 2.94 bits per heavy atom. The minimum absolute atomic E-state index is 0.209. The van der Waals surface area contributed by atoms with Crippen molar-refractivity contribution in [3.8, 4) is 0 Å². The fourth-order valence-corrected chi connectivity index (χ4v) is 2.99. The summed E-state index contributed by atoms with van der Waals surface area (Å²) in [5, 5.41) is 0. The van der Waals surface area contributed by atoms with Gasteiger partial charge in [-0.25, -0.2) is 0 Å². The number of hydrogen-bond donors (Lipinski definition) is 0. The maximum Gasteiger partial charge on any atom is 0.132 e. The zero-order chi connectivity index (χ0) is 12.4. The van der Waals surface area contributed by atoms with E-state index in [9.17, 15) is 4.79 Å². The number of carbonyl (C=O) groups excluding carboxylic acids is 1. The maximum absolute atomic E-state index is 11.4. The fraction of sp³-hybridized carbons (Fsp3) is 0.667. The van der Waals surface area contributed by atoms with Gasteiger partial charge in [0.25, 0.3) is 0 Å². The number of Topliss-reactive ketones (excluding diaryl/α,β-unsaturated/α-hetero) is 1. The van der Waals surface area contributed by atoms with Crippen LogP contribution in [0.25, 0.3) is 0 Å². The van der Waals surface area contributed by atoms with E-state index in [0.29, 0.717) is 17.6 Å². The lowest BCUT2D eigenvalue weighted by Crippen LogP contribution is -2.26. The molecule has 0 saturated carbocycles. The van der Waals surface area contributed by atoms with Gasteiger partial charge in [0, 0.05) is 12.3 Å². The summed E-state index contributed by atoms with van der Waals surface area (Å²) in [5.41, 5.74) is 1.43. The average Bonchev–Trinajstić information content (AvgIpc) is 2.36. The van der Waals surface area contributed by atoms with Crippen LogP contribution in [0.5, 0.6) is 0 Å². The molecule has 0 aliphatic heterocycles. The molecule has 0 fully saturated rings. The van der Waals surface area contributed by atoms with Crippen LogP contribution in [-0.4, -0.2) is 12.9 Å². The summed E-state index contributed by atoms with van der Waals surface area (Å²) in [4.78, 5) is 11.4. The third-order valence-electron chi connectivity index (χ3n) is 4.39. The molecule has 0 aromatic heterocycles. The number of ketones is 1. The molecule has 2 rings (SSSR count). The van der Waals surface area contributed by atoms with E-state index in [2.05, 4.69) is 19.1 Å². The van der Waals surface area contributed by atoms with Gasteiger partial charge in [-0.3, -0.25) is 4.79 Å². The van der Waals surface area contributed by atoms with Crippen molar-refractivity contribution >= 4 is 5.78 Å². The predicted octanol–water partition coefficient (Wildman–Crippen LogP) is 3.49. The van der Waals surface area contributed by atoms with Gasteiger partial charge in [-0.1, -0.05) is 13.0 Å². The molecule has 0 aromatic rings. The third kappa shape index (κ3) is 2.62. The van der Waals surface area contributed by atoms with E-state index in [1.807, 2.05) is 0 Å². The van der Waals surface area contributed by atoms with Gasteiger partial charge in [0.2, 0.25) is 0 Å². The lowest BCUT2D eigenvalue weighted by molar-refractivity contribution is -0.122. The minimum Gasteiger partial charge on any atom is -0.501 e. The molecule has 0 radical (unpaired) electrons. The van der Waals surface area contributed by atoms with E-state index in [4.69, 9.17) is 4.74 Å². The Kier molecular flexibility index (Phi) is 3.70. The quantitative estimate of drug-likeness (QED) is 0.747. The largest absolute Gasteiger partial charge is 0.501 e. The lowest BCUT2D eigenvalue weighted by atomic mass is 9.71. The zero-order valence-electron chi connectivity index (χ0n) is 11.0. The molecule has 0 saturated heterocycles. The van der Waals surface area contributed by atoms with Crippen LogP contribution in [-0.2, 0) is 9.53 Å². The molecule has 3 unspecified atom stereocenters. The normalized spacial score (nSPS) is 29.8. The maximum atomic E-state index is 11.4. The Morgan fingerprint density at radius 1 is 1.53 bits per heavy atom. The molecule has 2 heteroatoms. The molecular formula is C15H22O2. The minimum atomic E-state index is 0.209. The molecule has 2 aliphatic carbocycles. The van der Waals surface area contributed by atoms with Crippen molar-refractivity contribution in [3.63, 3.8) is 0 Å². The van der Waals surface area contributed by atoms with Crippen molar-refractivity contribution in [3.05, 3.63) is 23.5 Å². The van der Waals surface area contributed by atoms with Crippen molar-refractivity contribution in [2.45, 2.75) is 39.5 Å². The number of fused-ring (bicyclic) bond motifs is 1. The molecule has 0 aromatic carbocycles. The average molecular weight is 234 g/mol. The zero-order valence-corrected chi connectivity index (χ0v) is 11.0. The monoisotopic (exact) mass is 234 g/mol. The molecule has 0 spiro atoms. The molecule has 0 amide bonds. The van der Waals surface area contributed by atoms with Gasteiger partial charge >= 0.3 is 0 Å². The first kappa shape index (κ1) is 12.4. The number of rotatable bonds is 3. The smallest absolute Gasteiger partial charge is 0.132 e. The summed E-state index contributed by atoms with van der Waals surface area (Å²) < 4.78 is 5.32. The van der Waals surface area contributed by atoms with Crippen molar-refractivity contribution in [2.75, 3.05) is 7.11 Å². The van der Waals surface area contributed by atoms with Crippen LogP contribution in [0.2, 0.25) is 0 Å². The molecule has 0 N–H and O–H groups in total. The second-order valence-corrected chi connectivity index (χ2v) is 5.39. The van der Waals surface area contributed by atoms with Crippen molar-refractivity contribution in [2.24, 2.45) is 17.8 Å². The van der Waals surface area contributed by atoms with E-state index in [1.165, 1.54) is 18.4 Å². The van der Waals surface area contributed by atoms with Crippen LogP contribution in [0.1, 0.15) is 39.5 Å². The molecule has 0 heterocycles. The van der Waals surface area contributed by atoms with E-state index in [-0.39, 0.29) is 5.92 Å². The summed E-state index contributed by atoms with van der Waals surface area (Å²) >= 11 is 0. The highest BCUT2D eigenvalue weighted by Gasteiger charge is 2.30. The Hall–Kier alpha value is -1.05. The van der Waals surface area contributed by atoms with E-state index < -0.39 is 0 Å². The second-order valence-electron chi connectivity index (χ2n) is 5.39. The number of allylic oxidation sites excluding steroid dienone is 4. The Labute approximate surface area is 104 Å². The van der Waals surface area contributed by atoms with Crippen molar-refractivity contribution in [1.82, 2.24) is 0 Å². The molecule has 3 atom stereocenters. The third-order valence-corrected chi connectivity index (χ3v) is 4.39. The standard InChI is InChI=1S/C15H22O2/c1-10(11(2)16)12-4-5-14-9-15(17-3)7-6-13(14)8-12/h5,9-10,12-13H,4,6-8H2,1-3H3. The number of ether oxygens (including phenoxy) is 1. The van der Waals surface area contributed by atoms with E-state index >= 15 is 0 Å². The van der Waals surface area contributed by atoms with E-state index in [1.54, 1.807) is 14.0 Å². The van der Waals surface area contributed by atoms with Gasteiger partial charge < -0.3 is 4.74 Å². The van der Waals surface area contributed by atoms with Crippen LogP contribution < -0.4 is 0 Å². The SMILES string of the molecule is COC1=CC2=CCC(C(C)C(C)=O)CC2CC1. The molecular weight excluding hydrogens is 212 g/mol. The van der Waals surface area contributed by atoms with Gasteiger partial charge in [0.05, 0.1) is 12.9 Å². The van der Waals surface area contributed by atoms with Gasteiger partial charge in [-0.05, 0) is 49.7 Å². The summed E-state index contributed by atoms with van der Waals surface area (Å²) in [5.74, 6) is 2.83. The highest BCUT2D eigenvalue weighted by Crippen LogP contribution is 2.40. The first-order valence-corrected chi connectivity index (χ1v) is 6.57. The summed E-state index contributed by atoms with van der Waals surface area (Å²) in [6.45, 7) is 3.79. The number of methoxy groups -OCH3 is 1.